The molecule has 194 valence electrons. The van der Waals surface area contributed by atoms with Crippen molar-refractivity contribution in [2.75, 3.05) is 30.3 Å². The van der Waals surface area contributed by atoms with Crippen molar-refractivity contribution in [3.63, 3.8) is 0 Å². The summed E-state index contributed by atoms with van der Waals surface area (Å²) in [5.41, 5.74) is 4.19. The normalized spacial score (nSPS) is 18.3. The van der Waals surface area contributed by atoms with Crippen LogP contribution in [0, 0.1) is 13.8 Å². The Labute approximate surface area is 218 Å². The van der Waals surface area contributed by atoms with Crippen molar-refractivity contribution in [2.45, 2.75) is 39.9 Å². The number of anilines is 2. The number of rotatable bonds is 6. The fraction of sp³-hybridized carbons (Fsp3) is 0.400. The van der Waals surface area contributed by atoms with Crippen LogP contribution in [-0.4, -0.2) is 72.9 Å². The van der Waals surface area contributed by atoms with Crippen molar-refractivity contribution >= 4 is 39.4 Å². The summed E-state index contributed by atoms with van der Waals surface area (Å²) in [5.74, 6) is -0.435. The molecule has 2 amide bonds. The number of fused-ring (bicyclic) bond motifs is 1. The van der Waals surface area contributed by atoms with Crippen LogP contribution in [0.4, 0.5) is 11.4 Å². The molecule has 11 nitrogen and oxygen atoms in total. The number of nitrogens with zero attached hydrogens (tertiary/aromatic N) is 6. The van der Waals surface area contributed by atoms with Gasteiger partial charge in [0.1, 0.15) is 4.83 Å². The summed E-state index contributed by atoms with van der Waals surface area (Å²) in [7, 11) is 1.90. The number of nitrogens with one attached hydrogen (secondary N) is 2. The maximum absolute atomic E-state index is 13.2. The molecule has 1 fully saturated rings. The van der Waals surface area contributed by atoms with Gasteiger partial charge in [0, 0.05) is 37.6 Å². The molecule has 5 heterocycles. The average Bonchev–Trinajstić information content (AvgIpc) is 3.50. The topological polar surface area (TPSA) is 119 Å². The standard InChI is InChI=1S/C25H30N8O3S/c1-14-10-32(11-15(2)36-14)13-23(34)29-18-6-21(16(3)26-7-18)30-24(35)20-9-28-33-12-22(37-25(20)33)19-8-27-31(5)17(19)4/h6-9,12,14-15H,10-11,13H2,1-5H3,(H,29,34)(H,30,35)/t14-,15-/m0/s1. The Morgan fingerprint density at radius 3 is 2.57 bits per heavy atom. The van der Waals surface area contributed by atoms with E-state index in [0.717, 1.165) is 21.0 Å². The molecule has 1 saturated heterocycles. The van der Waals surface area contributed by atoms with Gasteiger partial charge in [0.05, 0.1) is 64.9 Å². The number of carbonyl (C=O) groups excluding carboxylic acids is 2. The van der Waals surface area contributed by atoms with E-state index >= 15 is 0 Å². The summed E-state index contributed by atoms with van der Waals surface area (Å²) in [6.07, 6.45) is 7.03. The van der Waals surface area contributed by atoms with Crippen molar-refractivity contribution < 1.29 is 14.3 Å². The third kappa shape index (κ3) is 5.26. The zero-order valence-electron chi connectivity index (χ0n) is 21.5. The number of morpholine rings is 1. The van der Waals surface area contributed by atoms with Gasteiger partial charge in [0.25, 0.3) is 5.91 Å². The molecular weight excluding hydrogens is 492 g/mol. The van der Waals surface area contributed by atoms with Crippen molar-refractivity contribution in [3.8, 4) is 10.4 Å². The lowest BCUT2D eigenvalue weighted by molar-refractivity contribution is -0.121. The van der Waals surface area contributed by atoms with Gasteiger partial charge in [-0.2, -0.15) is 10.2 Å². The lowest BCUT2D eigenvalue weighted by atomic mass is 10.2. The third-order valence-corrected chi connectivity index (χ3v) is 7.57. The van der Waals surface area contributed by atoms with Crippen molar-refractivity contribution in [2.24, 2.45) is 7.05 Å². The smallest absolute Gasteiger partial charge is 0.260 e. The molecular formula is C25H30N8O3S. The van der Waals surface area contributed by atoms with Gasteiger partial charge in [-0.3, -0.25) is 24.2 Å². The second-order valence-corrected chi connectivity index (χ2v) is 10.5. The maximum Gasteiger partial charge on any atom is 0.260 e. The van der Waals surface area contributed by atoms with Gasteiger partial charge in [-0.15, -0.1) is 11.3 Å². The minimum absolute atomic E-state index is 0.0857. The van der Waals surface area contributed by atoms with Gasteiger partial charge in [-0.25, -0.2) is 4.52 Å². The first kappa shape index (κ1) is 25.1. The lowest BCUT2D eigenvalue weighted by Crippen LogP contribution is -2.48. The molecule has 0 radical (unpaired) electrons. The Kier molecular flexibility index (Phi) is 6.80. The molecule has 37 heavy (non-hydrogen) atoms. The van der Waals surface area contributed by atoms with Crippen molar-refractivity contribution in [1.29, 1.82) is 0 Å². The SMILES string of the molecule is Cc1ncc(NC(=O)CN2C[C@H](C)O[C@@H](C)C2)cc1NC(=O)c1cnn2cc(-c3cnn(C)c3C)sc12. The number of hydrogen-bond acceptors (Lipinski definition) is 8. The van der Waals surface area contributed by atoms with Crippen LogP contribution < -0.4 is 10.6 Å². The minimum Gasteiger partial charge on any atom is -0.373 e. The number of thiazole rings is 1. The van der Waals surface area contributed by atoms with Crippen LogP contribution in [0.25, 0.3) is 15.3 Å². The number of aromatic nitrogens is 5. The first-order valence-electron chi connectivity index (χ1n) is 12.1. The van der Waals surface area contributed by atoms with E-state index in [-0.39, 0.29) is 30.6 Å². The average molecular weight is 523 g/mol. The lowest BCUT2D eigenvalue weighted by Gasteiger charge is -2.34. The third-order valence-electron chi connectivity index (χ3n) is 6.42. The first-order valence-corrected chi connectivity index (χ1v) is 12.9. The summed E-state index contributed by atoms with van der Waals surface area (Å²) in [6, 6.07) is 1.72. The van der Waals surface area contributed by atoms with Crippen molar-refractivity contribution in [1.82, 2.24) is 29.3 Å². The molecule has 1 aliphatic heterocycles. The summed E-state index contributed by atoms with van der Waals surface area (Å²) in [5, 5.41) is 14.5. The Bertz CT molecular complexity index is 1460. The Balaban J connectivity index is 1.29. The van der Waals surface area contributed by atoms with Crippen LogP contribution in [-0.2, 0) is 16.6 Å². The summed E-state index contributed by atoms with van der Waals surface area (Å²) in [6.45, 7) is 9.49. The maximum atomic E-state index is 13.2. The van der Waals surface area contributed by atoms with E-state index in [2.05, 4.69) is 30.7 Å². The second-order valence-electron chi connectivity index (χ2n) is 9.48. The summed E-state index contributed by atoms with van der Waals surface area (Å²) < 4.78 is 9.26. The Hall–Kier alpha value is -3.61. The van der Waals surface area contributed by atoms with Crippen LogP contribution in [0.15, 0.2) is 30.9 Å². The highest BCUT2D eigenvalue weighted by Gasteiger charge is 2.24. The number of ether oxygens (including phenoxy) is 1. The largest absolute Gasteiger partial charge is 0.373 e. The van der Waals surface area contributed by atoms with E-state index in [9.17, 15) is 9.59 Å². The fourth-order valence-corrected chi connectivity index (χ4v) is 5.66. The van der Waals surface area contributed by atoms with Gasteiger partial charge < -0.3 is 15.4 Å². The van der Waals surface area contributed by atoms with E-state index in [4.69, 9.17) is 4.74 Å². The number of hydrogen-bond donors (Lipinski definition) is 2. The van der Waals surface area contributed by atoms with Gasteiger partial charge in [0.2, 0.25) is 5.91 Å². The van der Waals surface area contributed by atoms with Gasteiger partial charge in [-0.05, 0) is 33.8 Å². The molecule has 0 unspecified atom stereocenters. The molecule has 0 saturated carbocycles. The molecule has 1 aliphatic rings. The van der Waals surface area contributed by atoms with Crippen molar-refractivity contribution in [3.05, 3.63) is 47.8 Å². The van der Waals surface area contributed by atoms with Crippen LogP contribution in [0.1, 0.15) is 35.6 Å². The first-order chi connectivity index (χ1) is 17.7. The predicted molar refractivity (Wildman–Crippen MR) is 142 cm³/mol. The molecule has 0 bridgehead atoms. The highest BCUT2D eigenvalue weighted by Crippen LogP contribution is 2.32. The number of amides is 2. The quantitative estimate of drug-likeness (QED) is 0.399. The number of aryl methyl sites for hydroxylation is 2. The molecule has 2 N–H and O–H groups in total. The molecule has 4 aromatic rings. The van der Waals surface area contributed by atoms with E-state index in [1.165, 1.54) is 11.3 Å². The van der Waals surface area contributed by atoms with Crippen LogP contribution in [0.3, 0.4) is 0 Å². The Morgan fingerprint density at radius 1 is 1.11 bits per heavy atom. The zero-order valence-corrected chi connectivity index (χ0v) is 22.3. The highest BCUT2D eigenvalue weighted by atomic mass is 32.1. The molecule has 0 spiro atoms. The van der Waals surface area contributed by atoms with E-state index in [1.807, 2.05) is 44.9 Å². The summed E-state index contributed by atoms with van der Waals surface area (Å²) in [4.78, 5) is 34.0. The molecule has 0 aliphatic carbocycles. The van der Waals surface area contributed by atoms with E-state index < -0.39 is 0 Å². The van der Waals surface area contributed by atoms with Crippen LogP contribution in [0.5, 0.6) is 0 Å². The van der Waals surface area contributed by atoms with Crippen LogP contribution >= 0.6 is 11.3 Å². The number of pyridine rings is 1. The molecule has 4 aromatic heterocycles. The highest BCUT2D eigenvalue weighted by molar-refractivity contribution is 7.21. The predicted octanol–water partition coefficient (Wildman–Crippen LogP) is 3.11. The van der Waals surface area contributed by atoms with Gasteiger partial charge >= 0.3 is 0 Å². The molecule has 12 heteroatoms. The molecule has 2 atom stereocenters. The second kappa shape index (κ2) is 10.0. The zero-order chi connectivity index (χ0) is 26.3. The van der Waals surface area contributed by atoms with E-state index in [1.54, 1.807) is 29.9 Å². The Morgan fingerprint density at radius 2 is 1.86 bits per heavy atom. The van der Waals surface area contributed by atoms with Gasteiger partial charge in [0.15, 0.2) is 0 Å². The number of carbonyl (C=O) groups is 2. The van der Waals surface area contributed by atoms with Crippen LogP contribution in [0.2, 0.25) is 0 Å². The molecule has 0 aromatic carbocycles. The molecule has 5 rings (SSSR count). The fourth-order valence-electron chi connectivity index (χ4n) is 4.54. The monoisotopic (exact) mass is 522 g/mol. The summed E-state index contributed by atoms with van der Waals surface area (Å²) >= 11 is 1.48. The minimum atomic E-state index is -0.295. The van der Waals surface area contributed by atoms with Gasteiger partial charge in [-0.1, -0.05) is 0 Å². The van der Waals surface area contributed by atoms with E-state index in [0.29, 0.717) is 35.7 Å².